The highest BCUT2D eigenvalue weighted by molar-refractivity contribution is 7.99. The number of benzene rings is 2. The van der Waals surface area contributed by atoms with Crippen molar-refractivity contribution in [2.24, 2.45) is 4.40 Å². The summed E-state index contributed by atoms with van der Waals surface area (Å²) in [4.78, 5) is 11.8. The van der Waals surface area contributed by atoms with Crippen LogP contribution in [0.25, 0.3) is 0 Å². The Hall–Kier alpha value is -1.98. The van der Waals surface area contributed by atoms with Gasteiger partial charge in [0.1, 0.15) is 6.42 Å². The fraction of sp³-hybridized carbons (Fsp3) is 0.391. The molecule has 194 valence electrons. The van der Waals surface area contributed by atoms with Crippen molar-refractivity contribution in [3.8, 4) is 0 Å². The molecule has 0 aromatic heterocycles. The summed E-state index contributed by atoms with van der Waals surface area (Å²) in [6.07, 6.45) is -10.0. The number of alkyl halides is 6. The van der Waals surface area contributed by atoms with Gasteiger partial charge in [-0.25, -0.2) is 8.79 Å². The predicted octanol–water partition coefficient (Wildman–Crippen LogP) is 7.88. The van der Waals surface area contributed by atoms with E-state index in [2.05, 4.69) is 9.71 Å². The highest BCUT2D eigenvalue weighted by atomic mass is 35.5. The molecule has 0 spiro atoms. The van der Waals surface area contributed by atoms with E-state index in [1.807, 2.05) is 0 Å². The average molecular weight is 573 g/mol. The van der Waals surface area contributed by atoms with Crippen molar-refractivity contribution < 1.29 is 35.5 Å². The van der Waals surface area contributed by atoms with Gasteiger partial charge in [0.2, 0.25) is 5.91 Å². The average Bonchev–Trinajstić information content (AvgIpc) is 3.23. The maximum Gasteiger partial charge on any atom is 0.409 e. The molecule has 2 aromatic rings. The van der Waals surface area contributed by atoms with E-state index in [9.17, 15) is 35.5 Å². The van der Waals surface area contributed by atoms with Crippen molar-refractivity contribution in [2.45, 2.75) is 55.2 Å². The lowest BCUT2D eigenvalue weighted by molar-refractivity contribution is -0.160. The summed E-state index contributed by atoms with van der Waals surface area (Å²) in [5.41, 5.74) is 1.54. The van der Waals surface area contributed by atoms with E-state index in [1.54, 1.807) is 12.1 Å². The van der Waals surface area contributed by atoms with Crippen LogP contribution in [0.2, 0.25) is 10.0 Å². The lowest BCUT2D eigenvalue weighted by atomic mass is 9.84. The van der Waals surface area contributed by atoms with Crippen molar-refractivity contribution in [3.05, 3.63) is 68.4 Å². The number of nitrogens with one attached hydrogen (secondary N) is 1. The Bertz CT molecular complexity index is 1210. The van der Waals surface area contributed by atoms with Crippen LogP contribution in [0.4, 0.5) is 30.7 Å². The first-order valence-corrected chi connectivity index (χ1v) is 12.2. The summed E-state index contributed by atoms with van der Waals surface area (Å²) in [7, 11) is 0. The third-order valence-corrected chi connectivity index (χ3v) is 7.91. The van der Waals surface area contributed by atoms with Crippen LogP contribution in [-0.4, -0.2) is 24.0 Å². The van der Waals surface area contributed by atoms with Gasteiger partial charge < -0.3 is 5.32 Å². The van der Waals surface area contributed by atoms with Crippen molar-refractivity contribution in [3.63, 3.8) is 0 Å². The first kappa shape index (κ1) is 27.1. The predicted molar refractivity (Wildman–Crippen MR) is 124 cm³/mol. The molecule has 2 atom stereocenters. The Labute approximate surface area is 215 Å². The van der Waals surface area contributed by atoms with E-state index in [1.165, 1.54) is 6.07 Å². The molecule has 0 bridgehead atoms. The molecule has 0 radical (unpaired) electrons. The second-order valence-corrected chi connectivity index (χ2v) is 10.5. The number of halogens is 9. The number of carbonyl (C=O) groups is 1. The van der Waals surface area contributed by atoms with Crippen LogP contribution in [0, 0.1) is 5.82 Å². The summed E-state index contributed by atoms with van der Waals surface area (Å²) < 4.78 is 95.9. The fourth-order valence-corrected chi connectivity index (χ4v) is 5.87. The summed E-state index contributed by atoms with van der Waals surface area (Å²) in [6.45, 7) is 0. The summed E-state index contributed by atoms with van der Waals surface area (Å²) in [5, 5.41) is 1.31. The lowest BCUT2D eigenvalue weighted by Gasteiger charge is -2.30. The molecular weight excluding hydrogens is 556 g/mol. The third-order valence-electron chi connectivity index (χ3n) is 6.12. The van der Waals surface area contributed by atoms with Crippen LogP contribution >= 0.6 is 35.1 Å². The normalized spacial score (nSPS) is 22.2. The topological polar surface area (TPSA) is 41.5 Å². The van der Waals surface area contributed by atoms with Crippen molar-refractivity contribution >= 4 is 46.8 Å². The number of hydrogen-bond donors (Lipinski definition) is 1. The maximum absolute atomic E-state index is 14.3. The molecule has 3 nitrogen and oxygen atoms in total. The highest BCUT2D eigenvalue weighted by Gasteiger charge is 2.60. The SMILES string of the molecule is O=C(CC(F)(F)F)NC1CCCc2cc(C3=NSC(c4cc(Cl)c(F)c(Cl)c4)(C(F)(F)F)C3)ccc21. The van der Waals surface area contributed by atoms with E-state index in [-0.39, 0.29) is 23.2 Å². The Balaban J connectivity index is 1.61. The minimum atomic E-state index is -4.78. The quantitative estimate of drug-likeness (QED) is 0.230. The van der Waals surface area contributed by atoms with Crippen molar-refractivity contribution in [2.75, 3.05) is 0 Å². The van der Waals surface area contributed by atoms with Crippen LogP contribution in [0.15, 0.2) is 34.7 Å². The lowest BCUT2D eigenvalue weighted by Crippen LogP contribution is -2.38. The minimum absolute atomic E-state index is 0.139. The molecule has 1 N–H and O–H groups in total. The van der Waals surface area contributed by atoms with Gasteiger partial charge in [-0.3, -0.25) is 4.79 Å². The van der Waals surface area contributed by atoms with Gasteiger partial charge in [0.25, 0.3) is 0 Å². The smallest absolute Gasteiger partial charge is 0.349 e. The maximum atomic E-state index is 14.3. The van der Waals surface area contributed by atoms with Gasteiger partial charge in [-0.15, -0.1) is 0 Å². The summed E-state index contributed by atoms with van der Waals surface area (Å²) in [5.74, 6) is -2.16. The van der Waals surface area contributed by atoms with E-state index in [0.717, 1.165) is 12.1 Å². The number of nitrogens with zero attached hydrogens (tertiary/aromatic N) is 1. The van der Waals surface area contributed by atoms with Gasteiger partial charge in [0, 0.05) is 6.42 Å². The van der Waals surface area contributed by atoms with Crippen LogP contribution in [0.5, 0.6) is 0 Å². The molecule has 4 rings (SSSR count). The fourth-order valence-electron chi connectivity index (χ4n) is 4.42. The molecular formula is C23H17Cl2F7N2OS. The number of aryl methyl sites for hydroxylation is 1. The number of carbonyl (C=O) groups excluding carboxylic acids is 1. The monoisotopic (exact) mass is 572 g/mol. The molecule has 13 heteroatoms. The Morgan fingerprint density at radius 3 is 2.39 bits per heavy atom. The Morgan fingerprint density at radius 2 is 1.78 bits per heavy atom. The van der Waals surface area contributed by atoms with Gasteiger partial charge >= 0.3 is 12.4 Å². The molecule has 1 heterocycles. The largest absolute Gasteiger partial charge is 0.409 e. The Morgan fingerprint density at radius 1 is 1.11 bits per heavy atom. The molecule has 0 fully saturated rings. The zero-order chi connectivity index (χ0) is 26.5. The van der Waals surface area contributed by atoms with Gasteiger partial charge in [-0.2, -0.15) is 26.3 Å². The highest BCUT2D eigenvalue weighted by Crippen LogP contribution is 2.57. The molecule has 2 aliphatic rings. The third kappa shape index (κ3) is 5.33. The molecule has 2 unspecified atom stereocenters. The van der Waals surface area contributed by atoms with E-state index >= 15 is 0 Å². The van der Waals surface area contributed by atoms with Crippen LogP contribution in [0.3, 0.4) is 0 Å². The zero-order valence-corrected chi connectivity index (χ0v) is 20.5. The standard InChI is InChI=1S/C23H17Cl2F7N2OS/c24-15-7-13(8-16(25)20(15)26)21(23(30,31)32)9-18(34-36-21)12-4-5-14-11(6-12)2-1-3-17(14)33-19(35)10-22(27,28)29/h4-8,17H,1-3,9-10H2,(H,33,35). The van der Waals surface area contributed by atoms with Crippen molar-refractivity contribution in [1.82, 2.24) is 5.32 Å². The van der Waals surface area contributed by atoms with Gasteiger partial charge in [0.15, 0.2) is 10.6 Å². The van der Waals surface area contributed by atoms with Crippen LogP contribution in [-0.2, 0) is 16.0 Å². The molecule has 1 aliphatic carbocycles. The van der Waals surface area contributed by atoms with E-state index in [4.69, 9.17) is 23.2 Å². The van der Waals surface area contributed by atoms with Gasteiger partial charge in [-0.05, 0) is 71.7 Å². The minimum Gasteiger partial charge on any atom is -0.349 e. The molecule has 2 aromatic carbocycles. The van der Waals surface area contributed by atoms with Crippen LogP contribution in [0.1, 0.15) is 54.0 Å². The van der Waals surface area contributed by atoms with E-state index in [0.29, 0.717) is 36.0 Å². The number of rotatable bonds is 4. The van der Waals surface area contributed by atoms with Crippen LogP contribution < -0.4 is 5.32 Å². The second-order valence-electron chi connectivity index (χ2n) is 8.60. The molecule has 0 saturated carbocycles. The molecule has 36 heavy (non-hydrogen) atoms. The number of amides is 1. The molecule has 1 aliphatic heterocycles. The first-order valence-electron chi connectivity index (χ1n) is 10.7. The van der Waals surface area contributed by atoms with Crippen molar-refractivity contribution in [1.29, 1.82) is 0 Å². The summed E-state index contributed by atoms with van der Waals surface area (Å²) in [6, 6.07) is 5.92. The van der Waals surface area contributed by atoms with Gasteiger partial charge in [-0.1, -0.05) is 35.3 Å². The zero-order valence-electron chi connectivity index (χ0n) is 18.2. The number of hydrogen-bond acceptors (Lipinski definition) is 3. The Kier molecular flexibility index (Phi) is 7.31. The van der Waals surface area contributed by atoms with Gasteiger partial charge in [0.05, 0.1) is 21.8 Å². The summed E-state index contributed by atoms with van der Waals surface area (Å²) >= 11 is 11.8. The molecule has 1 amide bonds. The second kappa shape index (κ2) is 9.72. The number of fused-ring (bicyclic) bond motifs is 1. The first-order chi connectivity index (χ1) is 16.7. The molecule has 0 saturated heterocycles. The van der Waals surface area contributed by atoms with E-state index < -0.39 is 57.8 Å².